The Kier molecular flexibility index (Phi) is 6.76. The molecule has 35 heavy (non-hydrogen) atoms. The molecule has 1 saturated carbocycles. The lowest BCUT2D eigenvalue weighted by Gasteiger charge is -2.28. The fourth-order valence-corrected chi connectivity index (χ4v) is 4.83. The summed E-state index contributed by atoms with van der Waals surface area (Å²) in [4.78, 5) is 46.4. The number of rotatable bonds is 7. The predicted octanol–water partition coefficient (Wildman–Crippen LogP) is 4.96. The fourth-order valence-electron chi connectivity index (χ4n) is 4.16. The van der Waals surface area contributed by atoms with Gasteiger partial charge in [0.15, 0.2) is 5.13 Å². The molecule has 2 aliphatic rings. The van der Waals surface area contributed by atoms with Gasteiger partial charge < -0.3 is 10.1 Å². The minimum Gasteiger partial charge on any atom is -0.445 e. The number of carbonyl (C=O) groups is 3. The van der Waals surface area contributed by atoms with Crippen LogP contribution in [0.5, 0.6) is 0 Å². The molecule has 0 radical (unpaired) electrons. The summed E-state index contributed by atoms with van der Waals surface area (Å²) in [5, 5.41) is 5.24. The van der Waals surface area contributed by atoms with Crippen molar-refractivity contribution in [2.45, 2.75) is 38.3 Å². The van der Waals surface area contributed by atoms with Gasteiger partial charge in [-0.2, -0.15) is 0 Å². The number of carbonyl (C=O) groups excluding carboxylic acids is 3. The molecule has 180 valence electrons. The number of hydrogen-bond acceptors (Lipinski definition) is 6. The molecule has 3 amide bonds. The molecule has 9 heteroatoms. The maximum absolute atomic E-state index is 13.8. The van der Waals surface area contributed by atoms with Gasteiger partial charge in [0.05, 0.1) is 5.69 Å². The Morgan fingerprint density at radius 3 is 2.66 bits per heavy atom. The van der Waals surface area contributed by atoms with E-state index >= 15 is 0 Å². The highest BCUT2D eigenvalue weighted by molar-refractivity contribution is 7.13. The first-order chi connectivity index (χ1) is 17.1. The van der Waals surface area contributed by atoms with E-state index in [1.807, 2.05) is 30.3 Å². The smallest absolute Gasteiger partial charge is 0.410 e. The van der Waals surface area contributed by atoms with Gasteiger partial charge in [-0.05, 0) is 49.4 Å². The van der Waals surface area contributed by atoms with E-state index in [9.17, 15) is 14.4 Å². The quantitative estimate of drug-likeness (QED) is 0.506. The Hall–Kier alpha value is -3.72. The van der Waals surface area contributed by atoms with Crippen molar-refractivity contribution in [3.8, 4) is 0 Å². The van der Waals surface area contributed by atoms with E-state index in [1.54, 1.807) is 35.8 Å². The number of benzene rings is 2. The van der Waals surface area contributed by atoms with Crippen LogP contribution in [-0.4, -0.2) is 40.4 Å². The summed E-state index contributed by atoms with van der Waals surface area (Å²) in [6.45, 7) is 0.600. The highest BCUT2D eigenvalue weighted by Gasteiger charge is 2.39. The normalized spacial score (nSPS) is 17.1. The second kappa shape index (κ2) is 10.3. The number of anilines is 3. The van der Waals surface area contributed by atoms with Crippen molar-refractivity contribution in [1.29, 1.82) is 0 Å². The van der Waals surface area contributed by atoms with E-state index in [2.05, 4.69) is 10.3 Å². The van der Waals surface area contributed by atoms with E-state index < -0.39 is 12.1 Å². The van der Waals surface area contributed by atoms with Crippen molar-refractivity contribution in [2.24, 2.45) is 5.92 Å². The second-order valence-corrected chi connectivity index (χ2v) is 9.57. The number of nitrogens with zero attached hydrogens (tertiary/aromatic N) is 3. The minimum absolute atomic E-state index is 0.00240. The van der Waals surface area contributed by atoms with Gasteiger partial charge in [-0.3, -0.25) is 19.4 Å². The first kappa shape index (κ1) is 23.0. The molecule has 5 rings (SSSR count). The molecule has 1 saturated heterocycles. The average molecular weight is 491 g/mol. The van der Waals surface area contributed by atoms with Crippen molar-refractivity contribution in [2.75, 3.05) is 16.8 Å². The van der Waals surface area contributed by atoms with Crippen molar-refractivity contribution in [3.05, 3.63) is 71.7 Å². The minimum atomic E-state index is -0.660. The Morgan fingerprint density at radius 2 is 1.91 bits per heavy atom. The monoisotopic (exact) mass is 490 g/mol. The van der Waals surface area contributed by atoms with Crippen LogP contribution in [0.4, 0.5) is 21.3 Å². The summed E-state index contributed by atoms with van der Waals surface area (Å²) in [5.74, 6) is -0.179. The zero-order chi connectivity index (χ0) is 24.2. The number of aromatic nitrogens is 1. The van der Waals surface area contributed by atoms with Gasteiger partial charge in [-0.15, -0.1) is 11.3 Å². The highest BCUT2D eigenvalue weighted by Crippen LogP contribution is 2.34. The number of thiazole rings is 1. The fraction of sp³-hybridized carbons (Fsp3) is 0.308. The molecule has 3 aromatic rings. The Bertz CT molecular complexity index is 1200. The second-order valence-electron chi connectivity index (χ2n) is 8.69. The number of nitrogens with one attached hydrogen (secondary N) is 1. The van der Waals surface area contributed by atoms with Crippen LogP contribution in [-0.2, 0) is 20.9 Å². The molecule has 1 aromatic heterocycles. The Balaban J connectivity index is 1.35. The number of hydrogen-bond donors (Lipinski definition) is 1. The van der Waals surface area contributed by atoms with E-state index in [4.69, 9.17) is 4.74 Å². The van der Waals surface area contributed by atoms with Crippen LogP contribution in [0.15, 0.2) is 66.2 Å². The summed E-state index contributed by atoms with van der Waals surface area (Å²) in [6, 6.07) is 16.0. The first-order valence-corrected chi connectivity index (χ1v) is 12.6. The maximum Gasteiger partial charge on any atom is 0.410 e. The molecule has 8 nitrogen and oxygen atoms in total. The average Bonchev–Trinajstić information content (AvgIpc) is 3.37. The summed E-state index contributed by atoms with van der Waals surface area (Å²) >= 11 is 1.34. The van der Waals surface area contributed by atoms with Gasteiger partial charge in [-0.1, -0.05) is 36.4 Å². The maximum atomic E-state index is 13.8. The van der Waals surface area contributed by atoms with Crippen molar-refractivity contribution < 1.29 is 19.1 Å². The molecule has 1 atom stereocenters. The largest absolute Gasteiger partial charge is 0.445 e. The number of amides is 3. The molecule has 1 aliphatic heterocycles. The molecule has 0 bridgehead atoms. The zero-order valence-corrected chi connectivity index (χ0v) is 19.9. The van der Waals surface area contributed by atoms with E-state index in [-0.39, 0.29) is 24.3 Å². The van der Waals surface area contributed by atoms with Crippen molar-refractivity contribution in [3.63, 3.8) is 0 Å². The molecule has 1 aliphatic carbocycles. The van der Waals surface area contributed by atoms with Crippen LogP contribution in [0.1, 0.15) is 31.2 Å². The molecular formula is C26H26N4O4S. The summed E-state index contributed by atoms with van der Waals surface area (Å²) in [5.41, 5.74) is 2.10. The first-order valence-electron chi connectivity index (χ1n) is 11.7. The summed E-state index contributed by atoms with van der Waals surface area (Å²) in [7, 11) is 0. The molecule has 2 aromatic carbocycles. The standard InChI is InChI=1S/C26H26N4O4S/c31-23(19-11-12-19)28-20-8-4-9-21(16-20)30(25-27-13-15-35-25)24(32)22-10-5-14-29(22)26(33)34-17-18-6-2-1-3-7-18/h1-4,6-9,13,15-16,19,22H,5,10-12,14,17H2,(H,28,31). The topological polar surface area (TPSA) is 91.8 Å². The van der Waals surface area contributed by atoms with Crippen molar-refractivity contribution >= 4 is 45.8 Å². The van der Waals surface area contributed by atoms with Crippen LogP contribution in [0.3, 0.4) is 0 Å². The third kappa shape index (κ3) is 5.35. The van der Waals surface area contributed by atoms with Crippen LogP contribution >= 0.6 is 11.3 Å². The zero-order valence-electron chi connectivity index (χ0n) is 19.1. The highest BCUT2D eigenvalue weighted by atomic mass is 32.1. The van der Waals surface area contributed by atoms with Gasteiger partial charge in [0.1, 0.15) is 12.6 Å². The van der Waals surface area contributed by atoms with E-state index in [0.29, 0.717) is 35.9 Å². The van der Waals surface area contributed by atoms with E-state index in [0.717, 1.165) is 18.4 Å². The lowest BCUT2D eigenvalue weighted by Crippen LogP contribution is -2.46. The third-order valence-electron chi connectivity index (χ3n) is 6.13. The summed E-state index contributed by atoms with van der Waals surface area (Å²) < 4.78 is 5.52. The van der Waals surface area contributed by atoms with Crippen molar-refractivity contribution in [1.82, 2.24) is 9.88 Å². The molecule has 1 N–H and O–H groups in total. The number of likely N-dealkylation sites (tertiary alicyclic amines) is 1. The Morgan fingerprint density at radius 1 is 1.09 bits per heavy atom. The Labute approximate surface area is 207 Å². The predicted molar refractivity (Wildman–Crippen MR) is 133 cm³/mol. The molecule has 1 unspecified atom stereocenters. The van der Waals surface area contributed by atoms with Gasteiger partial charge in [0.2, 0.25) is 5.91 Å². The lowest BCUT2D eigenvalue weighted by molar-refractivity contribution is -0.121. The SMILES string of the molecule is O=C(Nc1cccc(N(C(=O)C2CCCN2C(=O)OCc2ccccc2)c2nccs2)c1)C1CC1. The van der Waals surface area contributed by atoms with Gasteiger partial charge in [0.25, 0.3) is 5.91 Å². The van der Waals surface area contributed by atoms with Gasteiger partial charge in [0, 0.05) is 29.7 Å². The van der Waals surface area contributed by atoms with Crippen LogP contribution in [0, 0.1) is 5.92 Å². The lowest BCUT2D eigenvalue weighted by atomic mass is 10.1. The third-order valence-corrected chi connectivity index (χ3v) is 6.89. The molecule has 2 fully saturated rings. The molecule has 0 spiro atoms. The number of ether oxygens (including phenoxy) is 1. The van der Waals surface area contributed by atoms with Crippen LogP contribution in [0.2, 0.25) is 0 Å². The van der Waals surface area contributed by atoms with Crippen LogP contribution in [0.25, 0.3) is 0 Å². The van der Waals surface area contributed by atoms with Crippen LogP contribution < -0.4 is 10.2 Å². The van der Waals surface area contributed by atoms with E-state index in [1.165, 1.54) is 21.1 Å². The van der Waals surface area contributed by atoms with Gasteiger partial charge >= 0.3 is 6.09 Å². The summed E-state index contributed by atoms with van der Waals surface area (Å²) in [6.07, 6.45) is 4.20. The molecular weight excluding hydrogens is 464 g/mol. The van der Waals surface area contributed by atoms with Gasteiger partial charge in [-0.25, -0.2) is 9.78 Å². The molecule has 2 heterocycles.